The van der Waals surface area contributed by atoms with Crippen LogP contribution in [0.4, 0.5) is 11.5 Å². The second kappa shape index (κ2) is 9.40. The number of nitrogens with one attached hydrogen (secondary N) is 1. The average molecular weight is 487 g/mol. The number of fused-ring (bicyclic) bond motifs is 1. The number of aromatic nitrogens is 2. The van der Waals surface area contributed by atoms with E-state index >= 15 is 0 Å². The van der Waals surface area contributed by atoms with Gasteiger partial charge in [0.25, 0.3) is 0 Å². The molecule has 5 rings (SSSR count). The molecule has 6 nitrogen and oxygen atoms in total. The van der Waals surface area contributed by atoms with E-state index in [1.54, 1.807) is 10.4 Å². The zero-order valence-corrected chi connectivity index (χ0v) is 21.2. The number of hydrogen-bond donors (Lipinski definition) is 1. The molecule has 0 aliphatic carbocycles. The molecular weight excluding hydrogens is 456 g/mol. The van der Waals surface area contributed by atoms with Gasteiger partial charge in [0.2, 0.25) is 10.0 Å². The van der Waals surface area contributed by atoms with Crippen LogP contribution in [0.5, 0.6) is 0 Å². The van der Waals surface area contributed by atoms with Gasteiger partial charge in [0.15, 0.2) is 5.82 Å². The van der Waals surface area contributed by atoms with Crippen LogP contribution in [0, 0.1) is 20.8 Å². The van der Waals surface area contributed by atoms with E-state index in [1.165, 1.54) is 5.56 Å². The smallest absolute Gasteiger partial charge is 0.243 e. The van der Waals surface area contributed by atoms with Gasteiger partial charge in [-0.3, -0.25) is 0 Å². The Bertz CT molecular complexity index is 1510. The molecule has 0 atom stereocenters. The molecule has 0 amide bonds. The number of sulfonamides is 1. The maximum Gasteiger partial charge on any atom is 0.243 e. The average Bonchev–Trinajstić information content (AvgIpc) is 2.87. The van der Waals surface area contributed by atoms with E-state index in [9.17, 15) is 8.42 Å². The number of nitrogens with zero attached hydrogens (tertiary/aromatic N) is 3. The number of aryl methyl sites for hydroxylation is 3. The summed E-state index contributed by atoms with van der Waals surface area (Å²) in [6.07, 6.45) is 2.89. The van der Waals surface area contributed by atoms with Crippen molar-refractivity contribution in [2.75, 3.05) is 18.4 Å². The van der Waals surface area contributed by atoms with E-state index in [2.05, 4.69) is 41.5 Å². The minimum absolute atomic E-state index is 0.347. The lowest BCUT2D eigenvalue weighted by Gasteiger charge is -2.26. The largest absolute Gasteiger partial charge is 0.338 e. The first-order valence-electron chi connectivity index (χ1n) is 12.1. The van der Waals surface area contributed by atoms with E-state index in [1.807, 2.05) is 49.4 Å². The molecule has 1 saturated heterocycles. The lowest BCUT2D eigenvalue weighted by molar-refractivity contribution is 0.346. The monoisotopic (exact) mass is 486 g/mol. The van der Waals surface area contributed by atoms with Crippen molar-refractivity contribution in [1.82, 2.24) is 14.5 Å². The normalized spacial score (nSPS) is 14.8. The minimum atomic E-state index is -3.56. The van der Waals surface area contributed by atoms with Crippen molar-refractivity contribution >= 4 is 32.3 Å². The molecule has 1 aliphatic rings. The maximum absolute atomic E-state index is 13.4. The standard InChI is InChI=1S/C28H30N4O2S/c1-19-11-14-25(21(3)17-19)29-28-24-10-6-5-9-23(24)27(30-31-28)22-13-12-20(2)26(18-22)35(33,34)32-15-7-4-8-16-32/h5-6,9-14,17-18H,4,7-8,15-16H2,1-3H3,(H,29,31). The van der Waals surface area contributed by atoms with E-state index in [-0.39, 0.29) is 0 Å². The van der Waals surface area contributed by atoms with Gasteiger partial charge in [0.05, 0.1) is 4.90 Å². The predicted molar refractivity (Wildman–Crippen MR) is 142 cm³/mol. The van der Waals surface area contributed by atoms with E-state index in [0.717, 1.165) is 52.4 Å². The quantitative estimate of drug-likeness (QED) is 0.367. The van der Waals surface area contributed by atoms with Crippen LogP contribution < -0.4 is 5.32 Å². The molecule has 1 fully saturated rings. The molecule has 0 radical (unpaired) electrons. The second-order valence-corrected chi connectivity index (χ2v) is 11.2. The molecule has 7 heteroatoms. The summed E-state index contributed by atoms with van der Waals surface area (Å²) in [5.41, 5.74) is 5.47. The Balaban J connectivity index is 1.58. The molecule has 0 spiro atoms. The van der Waals surface area contributed by atoms with Gasteiger partial charge in [-0.1, -0.05) is 60.5 Å². The fraction of sp³-hybridized carbons (Fsp3) is 0.286. The Morgan fingerprint density at radius 3 is 2.29 bits per heavy atom. The summed E-state index contributed by atoms with van der Waals surface area (Å²) in [5, 5.41) is 14.4. The zero-order chi connectivity index (χ0) is 24.6. The lowest BCUT2D eigenvalue weighted by atomic mass is 10.0. The van der Waals surface area contributed by atoms with Gasteiger partial charge in [-0.2, -0.15) is 4.31 Å². The molecule has 180 valence electrons. The highest BCUT2D eigenvalue weighted by Crippen LogP contribution is 2.34. The van der Waals surface area contributed by atoms with Gasteiger partial charge in [-0.25, -0.2) is 8.42 Å². The van der Waals surface area contributed by atoms with E-state index < -0.39 is 10.0 Å². The molecule has 1 aliphatic heterocycles. The first kappa shape index (κ1) is 23.5. The van der Waals surface area contributed by atoms with Crippen LogP contribution in [0.15, 0.2) is 65.6 Å². The molecule has 0 unspecified atom stereocenters. The Labute approximate surface area is 207 Å². The molecule has 4 aromatic rings. The summed E-state index contributed by atoms with van der Waals surface area (Å²) in [4.78, 5) is 0.347. The van der Waals surface area contributed by atoms with Gasteiger partial charge >= 0.3 is 0 Å². The third-order valence-electron chi connectivity index (χ3n) is 6.72. The van der Waals surface area contributed by atoms with Gasteiger partial charge in [-0.15, -0.1) is 10.2 Å². The third-order valence-corrected chi connectivity index (χ3v) is 8.76. The van der Waals surface area contributed by atoms with Crippen LogP contribution in [0.1, 0.15) is 36.0 Å². The van der Waals surface area contributed by atoms with Crippen LogP contribution in [0.2, 0.25) is 0 Å². The van der Waals surface area contributed by atoms with Gasteiger partial charge in [-0.05, 0) is 56.9 Å². The summed E-state index contributed by atoms with van der Waals surface area (Å²) in [6.45, 7) is 7.14. The van der Waals surface area contributed by atoms with Crippen molar-refractivity contribution in [3.8, 4) is 11.3 Å². The van der Waals surface area contributed by atoms with Crippen molar-refractivity contribution in [2.24, 2.45) is 0 Å². The molecule has 35 heavy (non-hydrogen) atoms. The highest BCUT2D eigenvalue weighted by Gasteiger charge is 2.28. The number of hydrogen-bond acceptors (Lipinski definition) is 5. The van der Waals surface area contributed by atoms with Crippen LogP contribution in [-0.4, -0.2) is 36.0 Å². The third kappa shape index (κ3) is 4.54. The van der Waals surface area contributed by atoms with Crippen molar-refractivity contribution in [3.63, 3.8) is 0 Å². The van der Waals surface area contributed by atoms with Crippen LogP contribution in [-0.2, 0) is 10.0 Å². The summed E-state index contributed by atoms with van der Waals surface area (Å²) in [7, 11) is -3.56. The molecule has 1 N–H and O–H groups in total. The Hall–Kier alpha value is -3.29. The molecule has 0 bridgehead atoms. The fourth-order valence-corrected chi connectivity index (χ4v) is 6.53. The number of anilines is 2. The molecule has 0 saturated carbocycles. The summed E-state index contributed by atoms with van der Waals surface area (Å²) in [5.74, 6) is 0.671. The van der Waals surface area contributed by atoms with Gasteiger partial charge in [0.1, 0.15) is 5.69 Å². The summed E-state index contributed by atoms with van der Waals surface area (Å²) in [6, 6.07) is 19.8. The Morgan fingerprint density at radius 2 is 1.54 bits per heavy atom. The van der Waals surface area contributed by atoms with Gasteiger partial charge in [0, 0.05) is 35.1 Å². The fourth-order valence-electron chi connectivity index (χ4n) is 4.76. The van der Waals surface area contributed by atoms with Crippen molar-refractivity contribution in [2.45, 2.75) is 44.9 Å². The Morgan fingerprint density at radius 1 is 0.800 bits per heavy atom. The van der Waals surface area contributed by atoms with E-state index in [4.69, 9.17) is 0 Å². The summed E-state index contributed by atoms with van der Waals surface area (Å²) >= 11 is 0. The molecule has 3 aromatic carbocycles. The van der Waals surface area contributed by atoms with E-state index in [0.29, 0.717) is 29.5 Å². The van der Waals surface area contributed by atoms with Crippen molar-refractivity contribution in [1.29, 1.82) is 0 Å². The predicted octanol–water partition coefficient (Wildman–Crippen LogP) is 6.14. The topological polar surface area (TPSA) is 75.2 Å². The number of benzene rings is 3. The maximum atomic E-state index is 13.4. The highest BCUT2D eigenvalue weighted by molar-refractivity contribution is 7.89. The molecular formula is C28H30N4O2S. The number of rotatable bonds is 5. The van der Waals surface area contributed by atoms with Crippen LogP contribution in [0.3, 0.4) is 0 Å². The molecule has 1 aromatic heterocycles. The van der Waals surface area contributed by atoms with Crippen LogP contribution in [0.25, 0.3) is 22.0 Å². The summed E-state index contributed by atoms with van der Waals surface area (Å²) < 4.78 is 28.5. The van der Waals surface area contributed by atoms with Crippen molar-refractivity contribution in [3.05, 3.63) is 77.4 Å². The minimum Gasteiger partial charge on any atom is -0.338 e. The van der Waals surface area contributed by atoms with Crippen LogP contribution >= 0.6 is 0 Å². The lowest BCUT2D eigenvalue weighted by Crippen LogP contribution is -2.35. The zero-order valence-electron chi connectivity index (χ0n) is 20.4. The highest BCUT2D eigenvalue weighted by atomic mass is 32.2. The first-order chi connectivity index (χ1) is 16.8. The SMILES string of the molecule is Cc1ccc(Nc2nnc(-c3ccc(C)c(S(=O)(=O)N4CCCCC4)c3)c3ccccc23)c(C)c1. The first-order valence-corrected chi connectivity index (χ1v) is 13.5. The second-order valence-electron chi connectivity index (χ2n) is 9.33. The van der Waals surface area contributed by atoms with Crippen molar-refractivity contribution < 1.29 is 8.42 Å². The molecule has 2 heterocycles. The Kier molecular flexibility index (Phi) is 6.30. The van der Waals surface area contributed by atoms with Gasteiger partial charge < -0.3 is 5.32 Å². The number of piperidine rings is 1.